The van der Waals surface area contributed by atoms with E-state index in [4.69, 9.17) is 9.47 Å². The molecular weight excluding hydrogens is 368 g/mol. The number of benzene rings is 1. The first-order chi connectivity index (χ1) is 13.9. The van der Waals surface area contributed by atoms with E-state index in [2.05, 4.69) is 10.6 Å². The Morgan fingerprint density at radius 1 is 1.21 bits per heavy atom. The molecule has 1 amide bonds. The van der Waals surface area contributed by atoms with Crippen LogP contribution in [0.4, 0.5) is 0 Å². The van der Waals surface area contributed by atoms with E-state index in [0.717, 1.165) is 29.6 Å². The van der Waals surface area contributed by atoms with E-state index >= 15 is 0 Å². The maximum Gasteiger partial charge on any atom is 0.238 e. The van der Waals surface area contributed by atoms with Gasteiger partial charge in [-0.15, -0.1) is 0 Å². The highest BCUT2D eigenvalue weighted by Gasteiger charge is 2.56. The molecule has 6 heteroatoms. The molecule has 1 aromatic rings. The van der Waals surface area contributed by atoms with Crippen molar-refractivity contribution in [3.63, 3.8) is 0 Å². The summed E-state index contributed by atoms with van der Waals surface area (Å²) >= 11 is 0. The fraction of sp³-hybridized carbons (Fsp3) is 0.652. The number of fused-ring (bicyclic) bond motifs is 1. The van der Waals surface area contributed by atoms with Crippen molar-refractivity contribution in [3.8, 4) is 5.75 Å². The third-order valence-electron chi connectivity index (χ3n) is 7.09. The van der Waals surface area contributed by atoms with Crippen LogP contribution in [-0.2, 0) is 20.7 Å². The van der Waals surface area contributed by atoms with Crippen LogP contribution in [0, 0.1) is 17.8 Å². The van der Waals surface area contributed by atoms with Gasteiger partial charge >= 0.3 is 0 Å². The molecule has 1 aliphatic heterocycles. The van der Waals surface area contributed by atoms with Gasteiger partial charge in [0.15, 0.2) is 5.78 Å². The topological polar surface area (TPSA) is 80.0 Å². The number of ether oxygens (including phenoxy) is 2. The highest BCUT2D eigenvalue weighted by Crippen LogP contribution is 2.59. The zero-order valence-corrected chi connectivity index (χ0v) is 17.6. The summed E-state index contributed by atoms with van der Waals surface area (Å²) in [5.74, 6) is 2.78. The van der Waals surface area contributed by atoms with E-state index < -0.39 is 17.7 Å². The van der Waals surface area contributed by atoms with Crippen molar-refractivity contribution >= 4 is 11.7 Å². The Morgan fingerprint density at radius 3 is 2.41 bits per heavy atom. The molecule has 0 spiro atoms. The van der Waals surface area contributed by atoms with Crippen LogP contribution in [0.3, 0.4) is 0 Å². The minimum Gasteiger partial charge on any atom is -0.497 e. The number of nitrogens with one attached hydrogen (secondary N) is 2. The molecular formula is C23H32N2O4. The Morgan fingerprint density at radius 2 is 1.86 bits per heavy atom. The third kappa shape index (κ3) is 4.33. The van der Waals surface area contributed by atoms with E-state index in [1.807, 2.05) is 31.2 Å². The van der Waals surface area contributed by atoms with Crippen LogP contribution in [-0.4, -0.2) is 50.1 Å². The summed E-state index contributed by atoms with van der Waals surface area (Å²) in [5.41, 5.74) is 0.324. The van der Waals surface area contributed by atoms with E-state index in [1.165, 1.54) is 19.3 Å². The van der Waals surface area contributed by atoms with Crippen LogP contribution >= 0.6 is 0 Å². The molecule has 5 unspecified atom stereocenters. The summed E-state index contributed by atoms with van der Waals surface area (Å²) in [5, 5.41) is 6.16. The molecule has 0 radical (unpaired) electrons. The van der Waals surface area contributed by atoms with Crippen LogP contribution in [0.2, 0.25) is 0 Å². The van der Waals surface area contributed by atoms with Crippen LogP contribution in [0.5, 0.6) is 5.75 Å². The molecule has 6 nitrogen and oxygen atoms in total. The number of carbonyl (C=O) groups is 2. The van der Waals surface area contributed by atoms with Gasteiger partial charge in [-0.3, -0.25) is 9.59 Å². The lowest BCUT2D eigenvalue weighted by Crippen LogP contribution is -2.52. The third-order valence-corrected chi connectivity index (χ3v) is 7.09. The van der Waals surface area contributed by atoms with Gasteiger partial charge in [0, 0.05) is 0 Å². The summed E-state index contributed by atoms with van der Waals surface area (Å²) in [6.45, 7) is 2.28. The number of ketones is 1. The lowest BCUT2D eigenvalue weighted by Gasteiger charge is -2.24. The number of Topliss-reactive ketones (excluding diaryl/α,β-unsaturated/α-hetero) is 1. The Labute approximate surface area is 172 Å². The van der Waals surface area contributed by atoms with Crippen LogP contribution < -0.4 is 15.4 Å². The molecule has 2 aliphatic carbocycles. The van der Waals surface area contributed by atoms with Crippen molar-refractivity contribution in [2.45, 2.75) is 56.7 Å². The number of likely N-dealkylation sites (N-methyl/N-ethyl adjacent to an activating group) is 1. The van der Waals surface area contributed by atoms with Crippen molar-refractivity contribution in [1.82, 2.24) is 10.6 Å². The molecule has 2 N–H and O–H groups in total. The molecule has 1 saturated heterocycles. The Bertz CT molecular complexity index is 749. The predicted molar refractivity (Wildman–Crippen MR) is 110 cm³/mol. The van der Waals surface area contributed by atoms with Crippen LogP contribution in [0.1, 0.15) is 38.2 Å². The number of epoxide rings is 1. The summed E-state index contributed by atoms with van der Waals surface area (Å²) in [4.78, 5) is 26.0. The van der Waals surface area contributed by atoms with Gasteiger partial charge in [0.1, 0.15) is 11.4 Å². The van der Waals surface area contributed by atoms with E-state index in [-0.39, 0.29) is 11.7 Å². The van der Waals surface area contributed by atoms with E-state index in [0.29, 0.717) is 18.9 Å². The number of carbonyl (C=O) groups excluding carboxylic acids is 2. The molecule has 3 fully saturated rings. The van der Waals surface area contributed by atoms with Gasteiger partial charge in [0.2, 0.25) is 5.91 Å². The Balaban J connectivity index is 1.40. The smallest absolute Gasteiger partial charge is 0.238 e. The highest BCUT2D eigenvalue weighted by atomic mass is 16.6. The first-order valence-electron chi connectivity index (χ1n) is 10.7. The minimum atomic E-state index is -0.715. The van der Waals surface area contributed by atoms with Crippen molar-refractivity contribution in [1.29, 1.82) is 0 Å². The first-order valence-corrected chi connectivity index (χ1v) is 10.7. The fourth-order valence-corrected chi connectivity index (χ4v) is 5.04. The second-order valence-electron chi connectivity index (χ2n) is 9.00. The normalized spacial score (nSPS) is 31.5. The fourth-order valence-electron chi connectivity index (χ4n) is 5.04. The number of hydrogen-bond donors (Lipinski definition) is 2. The average molecular weight is 401 g/mol. The van der Waals surface area contributed by atoms with Crippen molar-refractivity contribution < 1.29 is 19.1 Å². The SMILES string of the molecule is CNC(Cc1ccc(OC)cc1)C(=O)NC(CC1C2CCCC21)C(=O)C1(C)CO1. The van der Waals surface area contributed by atoms with E-state index in [1.54, 1.807) is 14.2 Å². The molecule has 158 valence electrons. The standard InChI is InChI=1S/C23H32N2O4/c1-23(13-29-23)21(26)19(12-18-16-5-4-6-17(16)18)25-22(27)20(24-2)11-14-7-9-15(28-3)10-8-14/h7-10,16-20,24H,4-6,11-13H2,1-3H3,(H,25,27). The molecule has 4 rings (SSSR count). The first kappa shape index (κ1) is 20.4. The highest BCUT2D eigenvalue weighted by molar-refractivity contribution is 5.97. The second kappa shape index (κ2) is 8.07. The average Bonchev–Trinajstić information content (AvgIpc) is 3.57. The van der Waals surface area contributed by atoms with Gasteiger partial charge in [0.25, 0.3) is 0 Å². The molecule has 1 heterocycles. The molecule has 0 bridgehead atoms. The largest absolute Gasteiger partial charge is 0.497 e. The lowest BCUT2D eigenvalue weighted by atomic mass is 9.93. The monoisotopic (exact) mass is 400 g/mol. The minimum absolute atomic E-state index is 0.0233. The lowest BCUT2D eigenvalue weighted by molar-refractivity contribution is -0.131. The quantitative estimate of drug-likeness (QED) is 0.588. The number of rotatable bonds is 10. The molecule has 0 aromatic heterocycles. The molecule has 5 atom stereocenters. The molecule has 1 aromatic carbocycles. The van der Waals surface area contributed by atoms with E-state index in [9.17, 15) is 9.59 Å². The maximum absolute atomic E-state index is 13.0. The van der Waals surface area contributed by atoms with Gasteiger partial charge in [-0.05, 0) is 75.1 Å². The van der Waals surface area contributed by atoms with Crippen molar-refractivity contribution in [3.05, 3.63) is 29.8 Å². The predicted octanol–water partition coefficient (Wildman–Crippen LogP) is 2.10. The van der Waals surface area contributed by atoms with Crippen molar-refractivity contribution in [2.24, 2.45) is 17.8 Å². The molecule has 3 aliphatic rings. The van der Waals surface area contributed by atoms with Gasteiger partial charge in [0.05, 0.1) is 25.8 Å². The van der Waals surface area contributed by atoms with Gasteiger partial charge in [-0.25, -0.2) is 0 Å². The number of hydrogen-bond acceptors (Lipinski definition) is 5. The Kier molecular flexibility index (Phi) is 5.67. The summed E-state index contributed by atoms with van der Waals surface area (Å²) < 4.78 is 10.6. The van der Waals surface area contributed by atoms with Gasteiger partial charge in [-0.2, -0.15) is 0 Å². The molecule has 29 heavy (non-hydrogen) atoms. The summed E-state index contributed by atoms with van der Waals surface area (Å²) in [6, 6.07) is 6.85. The summed E-state index contributed by atoms with van der Waals surface area (Å²) in [7, 11) is 3.41. The maximum atomic E-state index is 13.0. The molecule has 2 saturated carbocycles. The summed E-state index contributed by atoms with van der Waals surface area (Å²) in [6.07, 6.45) is 5.15. The number of methoxy groups -OCH3 is 1. The number of amides is 1. The second-order valence-corrected chi connectivity index (χ2v) is 9.00. The van der Waals surface area contributed by atoms with Gasteiger partial charge < -0.3 is 20.1 Å². The zero-order chi connectivity index (χ0) is 20.6. The zero-order valence-electron chi connectivity index (χ0n) is 17.6. The van der Waals surface area contributed by atoms with Crippen LogP contribution in [0.15, 0.2) is 24.3 Å². The van der Waals surface area contributed by atoms with Crippen molar-refractivity contribution in [2.75, 3.05) is 20.8 Å². The van der Waals surface area contributed by atoms with Crippen LogP contribution in [0.25, 0.3) is 0 Å². The van der Waals surface area contributed by atoms with Gasteiger partial charge in [-0.1, -0.05) is 18.6 Å². The Hall–Kier alpha value is -1.92.